The lowest BCUT2D eigenvalue weighted by Crippen LogP contribution is -2.18. The summed E-state index contributed by atoms with van der Waals surface area (Å²) in [5, 5.41) is 0. The maximum Gasteiger partial charge on any atom is 0.573 e. The summed E-state index contributed by atoms with van der Waals surface area (Å²) in [7, 11) is 1.27. The van der Waals surface area contributed by atoms with Gasteiger partial charge in [-0.25, -0.2) is 4.98 Å². The predicted molar refractivity (Wildman–Crippen MR) is 54.9 cm³/mol. The number of ether oxygens (including phenoxy) is 2. The smallest absolute Gasteiger partial charge is 0.490 e. The van der Waals surface area contributed by atoms with Crippen molar-refractivity contribution in [2.45, 2.75) is 13.3 Å². The van der Waals surface area contributed by atoms with Crippen LogP contribution in [0, 0.1) is 10.6 Å². The minimum Gasteiger partial charge on any atom is -0.490 e. The van der Waals surface area contributed by atoms with Crippen molar-refractivity contribution < 1.29 is 22.6 Å². The Labute approximate surface area is 97.7 Å². The van der Waals surface area contributed by atoms with E-state index < -0.39 is 6.36 Å². The number of nitrogens with zero attached hydrogens (tertiary/aromatic N) is 1. The lowest BCUT2D eigenvalue weighted by atomic mass is 10.3. The zero-order chi connectivity index (χ0) is 11.6. The van der Waals surface area contributed by atoms with Crippen LogP contribution in [0.5, 0.6) is 11.5 Å². The average Bonchev–Trinajstić information content (AvgIpc) is 2.10. The summed E-state index contributed by atoms with van der Waals surface area (Å²) in [5.74, 6) is -0.350. The SMILES string of the molecule is COc1c(I)ncc(C)c1OC(F)(F)F. The molecule has 0 aliphatic heterocycles. The van der Waals surface area contributed by atoms with E-state index in [1.54, 1.807) is 22.6 Å². The van der Waals surface area contributed by atoms with E-state index in [2.05, 4.69) is 9.72 Å². The van der Waals surface area contributed by atoms with Gasteiger partial charge in [0.2, 0.25) is 0 Å². The van der Waals surface area contributed by atoms with Crippen molar-refractivity contribution in [3.05, 3.63) is 15.5 Å². The van der Waals surface area contributed by atoms with Gasteiger partial charge in [-0.05, 0) is 29.5 Å². The summed E-state index contributed by atoms with van der Waals surface area (Å²) in [5.41, 5.74) is 0.268. The van der Waals surface area contributed by atoms with Gasteiger partial charge in [0.25, 0.3) is 0 Å². The number of pyridine rings is 1. The molecule has 1 heterocycles. The molecule has 0 saturated carbocycles. The van der Waals surface area contributed by atoms with Gasteiger partial charge in [-0.2, -0.15) is 0 Å². The van der Waals surface area contributed by atoms with E-state index in [0.29, 0.717) is 3.70 Å². The summed E-state index contributed by atoms with van der Waals surface area (Å²) < 4.78 is 45.2. The third-order valence-electron chi connectivity index (χ3n) is 1.55. The number of alkyl halides is 3. The van der Waals surface area contributed by atoms with Crippen molar-refractivity contribution in [2.24, 2.45) is 0 Å². The van der Waals surface area contributed by atoms with Crippen LogP contribution in [0.25, 0.3) is 0 Å². The fraction of sp³-hybridized carbons (Fsp3) is 0.375. The van der Waals surface area contributed by atoms with Crippen LogP contribution in [0.15, 0.2) is 6.20 Å². The molecule has 0 atom stereocenters. The molecule has 0 aliphatic carbocycles. The molecule has 3 nitrogen and oxygen atoms in total. The predicted octanol–water partition coefficient (Wildman–Crippen LogP) is 2.90. The molecule has 0 aromatic carbocycles. The first-order valence-corrected chi connectivity index (χ1v) is 4.88. The minimum absolute atomic E-state index is 0.00655. The molecule has 0 fully saturated rings. The first-order valence-electron chi connectivity index (χ1n) is 3.80. The third kappa shape index (κ3) is 3.11. The highest BCUT2D eigenvalue weighted by molar-refractivity contribution is 14.1. The number of halogens is 4. The van der Waals surface area contributed by atoms with Crippen LogP contribution < -0.4 is 9.47 Å². The Morgan fingerprint density at radius 2 is 1.93 bits per heavy atom. The first kappa shape index (κ1) is 12.3. The molecule has 15 heavy (non-hydrogen) atoms. The summed E-state index contributed by atoms with van der Waals surface area (Å²) in [6.07, 6.45) is -3.44. The number of hydrogen-bond acceptors (Lipinski definition) is 3. The summed E-state index contributed by atoms with van der Waals surface area (Å²) in [6.45, 7) is 1.46. The molecule has 1 aromatic rings. The van der Waals surface area contributed by atoms with Crippen molar-refractivity contribution in [3.63, 3.8) is 0 Å². The Hall–Kier alpha value is -0.730. The quantitative estimate of drug-likeness (QED) is 0.616. The summed E-state index contributed by atoms with van der Waals surface area (Å²) >= 11 is 1.77. The molecule has 84 valence electrons. The van der Waals surface area contributed by atoms with Gasteiger partial charge in [-0.15, -0.1) is 13.2 Å². The zero-order valence-corrected chi connectivity index (χ0v) is 10.0. The Morgan fingerprint density at radius 1 is 1.33 bits per heavy atom. The molecule has 0 N–H and O–H groups in total. The number of methoxy groups -OCH3 is 1. The highest BCUT2D eigenvalue weighted by atomic mass is 127. The van der Waals surface area contributed by atoms with Gasteiger partial charge in [-0.3, -0.25) is 0 Å². The van der Waals surface area contributed by atoms with Crippen LogP contribution in [0.3, 0.4) is 0 Å². The highest BCUT2D eigenvalue weighted by Crippen LogP contribution is 2.37. The summed E-state index contributed by atoms with van der Waals surface area (Å²) in [4.78, 5) is 3.85. The zero-order valence-electron chi connectivity index (χ0n) is 7.85. The van der Waals surface area contributed by atoms with Crippen LogP contribution in [0.1, 0.15) is 5.56 Å². The van der Waals surface area contributed by atoms with Crippen LogP contribution in [0.4, 0.5) is 13.2 Å². The van der Waals surface area contributed by atoms with E-state index in [1.807, 2.05) is 0 Å². The molecule has 0 spiro atoms. The highest BCUT2D eigenvalue weighted by Gasteiger charge is 2.33. The summed E-state index contributed by atoms with van der Waals surface area (Å²) in [6, 6.07) is 0. The van der Waals surface area contributed by atoms with Crippen molar-refractivity contribution >= 4 is 22.6 Å². The van der Waals surface area contributed by atoms with E-state index in [1.165, 1.54) is 20.2 Å². The standard InChI is InChI=1S/C8H7F3INO2/c1-4-3-13-7(12)6(14-2)5(4)15-8(9,10)11/h3H,1-2H3. The Morgan fingerprint density at radius 3 is 2.40 bits per heavy atom. The molecule has 1 aromatic heterocycles. The fourth-order valence-electron chi connectivity index (χ4n) is 0.963. The van der Waals surface area contributed by atoms with E-state index in [4.69, 9.17) is 4.74 Å². The molecule has 0 radical (unpaired) electrons. The van der Waals surface area contributed by atoms with Gasteiger partial charge >= 0.3 is 6.36 Å². The molecule has 0 bridgehead atoms. The van der Waals surface area contributed by atoms with E-state index in [-0.39, 0.29) is 17.1 Å². The molecular weight excluding hydrogens is 326 g/mol. The maximum absolute atomic E-state index is 12.1. The molecule has 0 saturated heterocycles. The first-order chi connectivity index (χ1) is 6.85. The molecule has 0 amide bonds. The van der Waals surface area contributed by atoms with Crippen LogP contribution >= 0.6 is 22.6 Å². The second-order valence-corrected chi connectivity index (χ2v) is 3.66. The Balaban J connectivity index is 3.20. The number of rotatable bonds is 2. The number of hydrogen-bond donors (Lipinski definition) is 0. The van der Waals surface area contributed by atoms with Crippen molar-refractivity contribution in [1.29, 1.82) is 0 Å². The third-order valence-corrected chi connectivity index (χ3v) is 2.31. The fourth-order valence-corrected chi connectivity index (χ4v) is 1.57. The van der Waals surface area contributed by atoms with Gasteiger partial charge in [0.1, 0.15) is 3.70 Å². The van der Waals surface area contributed by atoms with Crippen molar-refractivity contribution in [1.82, 2.24) is 4.98 Å². The number of aromatic nitrogens is 1. The topological polar surface area (TPSA) is 31.4 Å². The van der Waals surface area contributed by atoms with E-state index in [9.17, 15) is 13.2 Å². The molecular formula is C8H7F3INO2. The van der Waals surface area contributed by atoms with Crippen molar-refractivity contribution in [2.75, 3.05) is 7.11 Å². The number of aryl methyl sites for hydroxylation is 1. The van der Waals surface area contributed by atoms with Crippen LogP contribution in [0.2, 0.25) is 0 Å². The molecule has 0 aliphatic rings. The molecule has 7 heteroatoms. The Bertz CT molecular complexity index is 368. The van der Waals surface area contributed by atoms with Crippen LogP contribution in [-0.4, -0.2) is 18.5 Å². The van der Waals surface area contributed by atoms with E-state index >= 15 is 0 Å². The second kappa shape index (κ2) is 4.42. The van der Waals surface area contributed by atoms with Gasteiger partial charge in [0.05, 0.1) is 7.11 Å². The van der Waals surface area contributed by atoms with Gasteiger partial charge in [0.15, 0.2) is 11.5 Å². The lowest BCUT2D eigenvalue weighted by molar-refractivity contribution is -0.275. The van der Waals surface area contributed by atoms with Gasteiger partial charge in [-0.1, -0.05) is 0 Å². The van der Waals surface area contributed by atoms with Gasteiger partial charge in [0, 0.05) is 11.8 Å². The van der Waals surface area contributed by atoms with Gasteiger partial charge < -0.3 is 9.47 Å². The second-order valence-electron chi connectivity index (χ2n) is 2.64. The molecule has 1 rings (SSSR count). The monoisotopic (exact) mass is 333 g/mol. The largest absolute Gasteiger partial charge is 0.573 e. The van der Waals surface area contributed by atoms with Crippen molar-refractivity contribution in [3.8, 4) is 11.5 Å². The lowest BCUT2D eigenvalue weighted by Gasteiger charge is -2.14. The van der Waals surface area contributed by atoms with E-state index in [0.717, 1.165) is 0 Å². The Kier molecular flexibility index (Phi) is 3.63. The minimum atomic E-state index is -4.73. The molecule has 0 unspecified atom stereocenters. The van der Waals surface area contributed by atoms with Crippen LogP contribution in [-0.2, 0) is 0 Å². The average molecular weight is 333 g/mol. The normalized spacial score (nSPS) is 11.3. The maximum atomic E-state index is 12.1.